The van der Waals surface area contributed by atoms with Gasteiger partial charge in [-0.1, -0.05) is 43.3 Å². The fraction of sp³-hybridized carbons (Fsp3) is 0.320. The lowest BCUT2D eigenvalue weighted by atomic mass is 9.97. The smallest absolute Gasteiger partial charge is 0.135 e. The van der Waals surface area contributed by atoms with Crippen LogP contribution in [0.2, 0.25) is 0 Å². The molecule has 1 saturated heterocycles. The maximum absolute atomic E-state index is 13.5. The number of piperidine rings is 1. The molecule has 0 spiro atoms. The van der Waals surface area contributed by atoms with E-state index in [1.165, 1.54) is 12.1 Å². The van der Waals surface area contributed by atoms with Crippen LogP contribution in [0.15, 0.2) is 60.7 Å². The summed E-state index contributed by atoms with van der Waals surface area (Å²) in [6.45, 7) is 3.88. The summed E-state index contributed by atoms with van der Waals surface area (Å²) in [6, 6.07) is 18.5. The van der Waals surface area contributed by atoms with Gasteiger partial charge in [-0.05, 0) is 44.6 Å². The van der Waals surface area contributed by atoms with Crippen molar-refractivity contribution >= 4 is 17.8 Å². The van der Waals surface area contributed by atoms with E-state index in [0.29, 0.717) is 23.8 Å². The van der Waals surface area contributed by atoms with Crippen molar-refractivity contribution in [3.05, 3.63) is 72.3 Å². The number of rotatable bonds is 5. The molecular weight excluding hydrogens is 391 g/mol. The first-order valence-corrected chi connectivity index (χ1v) is 10.7. The molecule has 1 atom stereocenters. The van der Waals surface area contributed by atoms with Crippen LogP contribution in [0, 0.1) is 5.82 Å². The average molecular weight is 421 g/mol. The van der Waals surface area contributed by atoms with Crippen LogP contribution >= 0.6 is 0 Å². The monoisotopic (exact) mass is 420 g/mol. The van der Waals surface area contributed by atoms with E-state index in [1.54, 1.807) is 6.07 Å². The second-order valence-corrected chi connectivity index (χ2v) is 7.67. The molecule has 0 bridgehead atoms. The number of aldehydes is 1. The summed E-state index contributed by atoms with van der Waals surface area (Å²) in [5.74, 6) is 1.58. The summed E-state index contributed by atoms with van der Waals surface area (Å²) in [6.07, 6.45) is 3.74. The summed E-state index contributed by atoms with van der Waals surface area (Å²) in [5, 5.41) is 3.24. The molecule has 31 heavy (non-hydrogen) atoms. The predicted octanol–water partition coefficient (Wildman–Crippen LogP) is 5.43. The van der Waals surface area contributed by atoms with Crippen molar-refractivity contribution in [3.8, 4) is 11.3 Å². The van der Waals surface area contributed by atoms with Crippen molar-refractivity contribution in [2.75, 3.05) is 25.5 Å². The summed E-state index contributed by atoms with van der Waals surface area (Å²) < 4.78 is 13.5. The van der Waals surface area contributed by atoms with E-state index in [4.69, 9.17) is 9.97 Å². The molecule has 0 amide bonds. The van der Waals surface area contributed by atoms with Crippen molar-refractivity contribution in [1.29, 1.82) is 0 Å². The molecule has 3 aromatic rings. The topological polar surface area (TPSA) is 58.1 Å². The Labute approximate surface area is 183 Å². The number of likely N-dealkylation sites (tertiary alicyclic amines) is 1. The van der Waals surface area contributed by atoms with Gasteiger partial charge in [0.15, 0.2) is 0 Å². The Bertz CT molecular complexity index is 980. The number of aromatic nitrogens is 2. The lowest BCUT2D eigenvalue weighted by Gasteiger charge is -2.29. The summed E-state index contributed by atoms with van der Waals surface area (Å²) in [5.41, 5.74) is 2.61. The van der Waals surface area contributed by atoms with Gasteiger partial charge in [0.2, 0.25) is 0 Å². The van der Waals surface area contributed by atoms with Crippen molar-refractivity contribution < 1.29 is 9.18 Å². The second-order valence-electron chi connectivity index (χ2n) is 7.67. The zero-order valence-electron chi connectivity index (χ0n) is 18.1. The Morgan fingerprint density at radius 1 is 1.13 bits per heavy atom. The van der Waals surface area contributed by atoms with E-state index in [9.17, 15) is 9.18 Å². The molecule has 1 aliphatic rings. The van der Waals surface area contributed by atoms with Gasteiger partial charge in [-0.2, -0.15) is 0 Å². The zero-order valence-corrected chi connectivity index (χ0v) is 18.1. The van der Waals surface area contributed by atoms with Gasteiger partial charge in [0.1, 0.15) is 23.7 Å². The first-order chi connectivity index (χ1) is 15.1. The van der Waals surface area contributed by atoms with Gasteiger partial charge >= 0.3 is 0 Å². The first-order valence-electron chi connectivity index (χ1n) is 10.7. The minimum Gasteiger partial charge on any atom is -0.340 e. The Morgan fingerprint density at radius 2 is 1.90 bits per heavy atom. The number of halogens is 1. The van der Waals surface area contributed by atoms with Crippen molar-refractivity contribution in [2.45, 2.75) is 32.1 Å². The van der Waals surface area contributed by atoms with Crippen molar-refractivity contribution in [3.63, 3.8) is 0 Å². The van der Waals surface area contributed by atoms with E-state index in [2.05, 4.69) is 17.3 Å². The van der Waals surface area contributed by atoms with Gasteiger partial charge in [0.25, 0.3) is 0 Å². The van der Waals surface area contributed by atoms with Gasteiger partial charge in [-0.3, -0.25) is 0 Å². The molecule has 4 rings (SSSR count). The fourth-order valence-electron chi connectivity index (χ4n) is 3.56. The summed E-state index contributed by atoms with van der Waals surface area (Å²) >= 11 is 0. The number of carbonyl (C=O) groups excluding carboxylic acids is 1. The minimum absolute atomic E-state index is 0.272. The van der Waals surface area contributed by atoms with Crippen LogP contribution in [0.25, 0.3) is 11.3 Å². The van der Waals surface area contributed by atoms with Gasteiger partial charge in [0, 0.05) is 36.2 Å². The maximum Gasteiger partial charge on any atom is 0.135 e. The third-order valence-corrected chi connectivity index (χ3v) is 5.07. The van der Waals surface area contributed by atoms with E-state index in [1.807, 2.05) is 49.4 Å². The molecule has 2 heterocycles. The maximum atomic E-state index is 13.5. The van der Waals surface area contributed by atoms with Gasteiger partial charge in [0.05, 0.1) is 5.69 Å². The lowest BCUT2D eigenvalue weighted by Crippen LogP contribution is -2.31. The molecule has 6 heteroatoms. The normalized spacial score (nSPS) is 16.2. The Balaban J connectivity index is 0.000000628. The molecule has 5 nitrogen and oxygen atoms in total. The molecule has 1 N–H and O–H groups in total. The molecule has 162 valence electrons. The molecule has 0 saturated carbocycles. The number of anilines is 2. The first kappa shape index (κ1) is 22.6. The van der Waals surface area contributed by atoms with Crippen LogP contribution in [0.1, 0.15) is 37.9 Å². The zero-order chi connectivity index (χ0) is 22.1. The van der Waals surface area contributed by atoms with E-state index < -0.39 is 0 Å². The molecule has 0 aliphatic carbocycles. The summed E-state index contributed by atoms with van der Waals surface area (Å²) in [7, 11) is 2.14. The highest BCUT2D eigenvalue weighted by atomic mass is 19.1. The molecule has 0 radical (unpaired) electrons. The molecular formula is C25H29FN4O. The van der Waals surface area contributed by atoms with Crippen molar-refractivity contribution in [2.24, 2.45) is 0 Å². The second kappa shape index (κ2) is 11.3. The van der Waals surface area contributed by atoms with Crippen molar-refractivity contribution in [1.82, 2.24) is 14.9 Å². The highest BCUT2D eigenvalue weighted by Gasteiger charge is 2.22. The van der Waals surface area contributed by atoms with Crippen LogP contribution in [-0.2, 0) is 4.79 Å². The Hall–Kier alpha value is -3.12. The largest absolute Gasteiger partial charge is 0.340 e. The molecule has 2 aromatic carbocycles. The quantitative estimate of drug-likeness (QED) is 0.558. The van der Waals surface area contributed by atoms with Gasteiger partial charge in [-0.25, -0.2) is 14.4 Å². The number of carbonyl (C=O) groups is 1. The van der Waals surface area contributed by atoms with Crippen LogP contribution in [0.5, 0.6) is 0 Å². The van der Waals surface area contributed by atoms with Gasteiger partial charge in [-0.15, -0.1) is 0 Å². The molecule has 1 fully saturated rings. The average Bonchev–Trinajstić information content (AvgIpc) is 2.80. The number of hydrogen-bond donors (Lipinski definition) is 1. The highest BCUT2D eigenvalue weighted by molar-refractivity contribution is 5.65. The highest BCUT2D eigenvalue weighted by Crippen LogP contribution is 2.28. The van der Waals surface area contributed by atoms with Crippen LogP contribution in [-0.4, -0.2) is 41.3 Å². The predicted molar refractivity (Wildman–Crippen MR) is 123 cm³/mol. The Kier molecular flexibility index (Phi) is 8.24. The number of nitrogens with one attached hydrogen (secondary N) is 1. The molecule has 1 unspecified atom stereocenters. The van der Waals surface area contributed by atoms with Crippen LogP contribution < -0.4 is 5.32 Å². The van der Waals surface area contributed by atoms with E-state index in [0.717, 1.165) is 49.3 Å². The fourth-order valence-corrected chi connectivity index (χ4v) is 3.56. The number of benzene rings is 2. The number of likely N-dealkylation sites (N-methyl/N-ethyl adjacent to an activating group) is 1. The van der Waals surface area contributed by atoms with Crippen LogP contribution in [0.4, 0.5) is 15.9 Å². The number of nitrogens with zero attached hydrogens (tertiary/aromatic N) is 3. The van der Waals surface area contributed by atoms with E-state index in [-0.39, 0.29) is 5.82 Å². The third-order valence-electron chi connectivity index (χ3n) is 5.07. The minimum atomic E-state index is -0.272. The number of hydrogen-bond acceptors (Lipinski definition) is 5. The Morgan fingerprint density at radius 3 is 2.58 bits per heavy atom. The molecule has 1 aliphatic heterocycles. The third kappa shape index (κ3) is 6.69. The summed E-state index contributed by atoms with van der Waals surface area (Å²) in [4.78, 5) is 21.1. The van der Waals surface area contributed by atoms with Crippen LogP contribution in [0.3, 0.4) is 0 Å². The van der Waals surface area contributed by atoms with Gasteiger partial charge < -0.3 is 15.0 Å². The SMILES string of the molecule is CCC=O.CN1CCCC(c2nc(Nc3cccc(F)c3)cc(-c3ccccc3)n2)C1. The van der Waals surface area contributed by atoms with E-state index >= 15 is 0 Å². The standard InChI is InChI=1S/C22H23FN4.C3H6O/c1-27-12-6-9-17(15-27)22-25-20(16-7-3-2-4-8-16)14-21(26-22)24-19-11-5-10-18(23)13-19;1-2-3-4/h2-5,7-8,10-11,13-14,17H,6,9,12,15H2,1H3,(H,24,25,26);3H,2H2,1H3. The lowest BCUT2D eigenvalue weighted by molar-refractivity contribution is -0.107. The molecule has 1 aromatic heterocycles.